The molecule has 19 heavy (non-hydrogen) atoms. The van der Waals surface area contributed by atoms with Gasteiger partial charge in [-0.05, 0) is 29.8 Å². The molecule has 0 spiro atoms. The molecule has 1 heterocycles. The Morgan fingerprint density at radius 3 is 2.89 bits per heavy atom. The maximum atomic E-state index is 13.0. The number of carbonyl (C=O) groups is 1. The second-order valence-electron chi connectivity index (χ2n) is 3.99. The fourth-order valence-corrected chi connectivity index (χ4v) is 1.64. The molecular weight excluding hydrogens is 245 g/mol. The van der Waals surface area contributed by atoms with Crippen molar-refractivity contribution in [2.75, 3.05) is 12.4 Å². The van der Waals surface area contributed by atoms with Gasteiger partial charge in [0.2, 0.25) is 0 Å². The number of nitrogens with one attached hydrogen (secondary N) is 2. The number of pyridine rings is 1. The number of halogens is 1. The average Bonchev–Trinajstić information content (AvgIpc) is 2.45. The van der Waals surface area contributed by atoms with E-state index in [1.165, 1.54) is 12.1 Å². The van der Waals surface area contributed by atoms with E-state index < -0.39 is 0 Å². The highest BCUT2D eigenvalue weighted by Crippen LogP contribution is 2.11. The van der Waals surface area contributed by atoms with Crippen LogP contribution < -0.4 is 10.6 Å². The number of anilines is 1. The van der Waals surface area contributed by atoms with Crippen molar-refractivity contribution in [1.82, 2.24) is 10.3 Å². The highest BCUT2D eigenvalue weighted by Gasteiger charge is 2.05. The van der Waals surface area contributed by atoms with Gasteiger partial charge in [-0.25, -0.2) is 4.39 Å². The Labute approximate surface area is 110 Å². The number of rotatable bonds is 4. The first-order valence-electron chi connectivity index (χ1n) is 5.85. The van der Waals surface area contributed by atoms with Crippen LogP contribution in [-0.4, -0.2) is 17.9 Å². The van der Waals surface area contributed by atoms with Crippen molar-refractivity contribution in [2.24, 2.45) is 0 Å². The van der Waals surface area contributed by atoms with Crippen LogP contribution in [-0.2, 0) is 6.54 Å². The van der Waals surface area contributed by atoms with Gasteiger partial charge in [0.1, 0.15) is 11.5 Å². The monoisotopic (exact) mass is 259 g/mol. The number of benzene rings is 1. The third-order valence-electron chi connectivity index (χ3n) is 2.61. The summed E-state index contributed by atoms with van der Waals surface area (Å²) in [6, 6.07) is 9.77. The molecule has 0 aliphatic rings. The fraction of sp³-hybridized carbons (Fsp3) is 0.143. The van der Waals surface area contributed by atoms with E-state index in [4.69, 9.17) is 0 Å². The molecular formula is C14H14FN3O. The molecule has 1 amide bonds. The number of carbonyl (C=O) groups excluding carboxylic acids is 1. The van der Waals surface area contributed by atoms with Gasteiger partial charge in [-0.2, -0.15) is 0 Å². The summed E-state index contributed by atoms with van der Waals surface area (Å²) < 4.78 is 13.0. The van der Waals surface area contributed by atoms with Gasteiger partial charge in [0.05, 0.1) is 0 Å². The van der Waals surface area contributed by atoms with Crippen LogP contribution >= 0.6 is 0 Å². The molecule has 0 saturated carbocycles. The van der Waals surface area contributed by atoms with Crippen molar-refractivity contribution in [3.63, 3.8) is 0 Å². The lowest BCUT2D eigenvalue weighted by atomic mass is 10.2. The minimum absolute atomic E-state index is 0.241. The molecule has 0 aliphatic carbocycles. The first kappa shape index (κ1) is 13.0. The molecule has 0 unspecified atom stereocenters. The molecule has 1 aromatic heterocycles. The van der Waals surface area contributed by atoms with Crippen molar-refractivity contribution < 1.29 is 9.18 Å². The number of hydrogen-bond donors (Lipinski definition) is 2. The Kier molecular flexibility index (Phi) is 4.07. The van der Waals surface area contributed by atoms with Crippen molar-refractivity contribution >= 4 is 11.6 Å². The van der Waals surface area contributed by atoms with E-state index in [1.807, 2.05) is 6.07 Å². The minimum atomic E-state index is -0.264. The lowest BCUT2D eigenvalue weighted by Crippen LogP contribution is -2.19. The second-order valence-corrected chi connectivity index (χ2v) is 3.99. The zero-order valence-corrected chi connectivity index (χ0v) is 10.5. The van der Waals surface area contributed by atoms with E-state index in [-0.39, 0.29) is 11.7 Å². The molecule has 98 valence electrons. The largest absolute Gasteiger partial charge is 0.381 e. The zero-order valence-electron chi connectivity index (χ0n) is 10.5. The molecule has 0 saturated heterocycles. The summed E-state index contributed by atoms with van der Waals surface area (Å²) in [5.74, 6) is -0.505. The summed E-state index contributed by atoms with van der Waals surface area (Å²) in [6.07, 6.45) is 1.55. The number of aromatic nitrogens is 1. The Morgan fingerprint density at radius 1 is 1.32 bits per heavy atom. The van der Waals surface area contributed by atoms with Crippen LogP contribution in [0, 0.1) is 5.82 Å². The maximum Gasteiger partial charge on any atom is 0.269 e. The normalized spacial score (nSPS) is 10.0. The molecule has 2 N–H and O–H groups in total. The summed E-state index contributed by atoms with van der Waals surface area (Å²) in [4.78, 5) is 15.4. The van der Waals surface area contributed by atoms with Crippen molar-refractivity contribution in [2.45, 2.75) is 6.54 Å². The molecule has 0 radical (unpaired) electrons. The topological polar surface area (TPSA) is 54.0 Å². The highest BCUT2D eigenvalue weighted by molar-refractivity contribution is 5.92. The van der Waals surface area contributed by atoms with E-state index in [0.29, 0.717) is 12.2 Å². The fourth-order valence-electron chi connectivity index (χ4n) is 1.64. The molecule has 0 bridgehead atoms. The van der Waals surface area contributed by atoms with Gasteiger partial charge in [0.15, 0.2) is 0 Å². The number of hydrogen-bond acceptors (Lipinski definition) is 3. The summed E-state index contributed by atoms with van der Waals surface area (Å²) in [7, 11) is 1.55. The zero-order chi connectivity index (χ0) is 13.7. The van der Waals surface area contributed by atoms with Gasteiger partial charge < -0.3 is 10.6 Å². The molecule has 2 aromatic rings. The van der Waals surface area contributed by atoms with E-state index >= 15 is 0 Å². The standard InChI is InChI=1S/C14H14FN3O/c1-16-14(19)13-8-12(5-6-17-13)18-9-10-3-2-4-11(15)7-10/h2-8H,9H2,1H3,(H,16,19)(H,17,18). The third kappa shape index (κ3) is 3.51. The van der Waals surface area contributed by atoms with Gasteiger partial charge in [0.25, 0.3) is 5.91 Å². The summed E-state index contributed by atoms with van der Waals surface area (Å²) in [5, 5.41) is 5.63. The van der Waals surface area contributed by atoms with E-state index in [0.717, 1.165) is 11.3 Å². The second kappa shape index (κ2) is 5.95. The Balaban J connectivity index is 2.05. The summed E-state index contributed by atoms with van der Waals surface area (Å²) >= 11 is 0. The Hall–Kier alpha value is -2.43. The predicted octanol–water partition coefficient (Wildman–Crippen LogP) is 2.19. The van der Waals surface area contributed by atoms with Gasteiger partial charge in [-0.3, -0.25) is 9.78 Å². The lowest BCUT2D eigenvalue weighted by Gasteiger charge is -2.07. The van der Waals surface area contributed by atoms with Crippen LogP contribution in [0.5, 0.6) is 0 Å². The van der Waals surface area contributed by atoms with Crippen molar-refractivity contribution in [1.29, 1.82) is 0 Å². The molecule has 1 aromatic carbocycles. The third-order valence-corrected chi connectivity index (χ3v) is 2.61. The quantitative estimate of drug-likeness (QED) is 0.885. The number of amides is 1. The van der Waals surface area contributed by atoms with Gasteiger partial charge in [-0.15, -0.1) is 0 Å². The minimum Gasteiger partial charge on any atom is -0.381 e. The van der Waals surface area contributed by atoms with Gasteiger partial charge >= 0.3 is 0 Å². The van der Waals surface area contributed by atoms with Crippen LogP contribution in [0.2, 0.25) is 0 Å². The molecule has 2 rings (SSSR count). The first-order valence-corrected chi connectivity index (χ1v) is 5.85. The SMILES string of the molecule is CNC(=O)c1cc(NCc2cccc(F)c2)ccn1. The molecule has 0 atom stereocenters. The Morgan fingerprint density at radius 2 is 2.16 bits per heavy atom. The molecule has 5 heteroatoms. The molecule has 0 fully saturated rings. The number of nitrogens with zero attached hydrogens (tertiary/aromatic N) is 1. The van der Waals surface area contributed by atoms with Crippen LogP contribution in [0.1, 0.15) is 16.1 Å². The van der Waals surface area contributed by atoms with E-state index in [9.17, 15) is 9.18 Å². The molecule has 0 aliphatic heterocycles. The lowest BCUT2D eigenvalue weighted by molar-refractivity contribution is 0.0958. The average molecular weight is 259 g/mol. The Bertz CT molecular complexity index is 586. The van der Waals surface area contributed by atoms with Gasteiger partial charge in [-0.1, -0.05) is 12.1 Å². The van der Waals surface area contributed by atoms with E-state index in [2.05, 4.69) is 15.6 Å². The van der Waals surface area contributed by atoms with Crippen molar-refractivity contribution in [3.05, 3.63) is 59.7 Å². The van der Waals surface area contributed by atoms with Crippen LogP contribution in [0.3, 0.4) is 0 Å². The smallest absolute Gasteiger partial charge is 0.269 e. The highest BCUT2D eigenvalue weighted by atomic mass is 19.1. The summed E-state index contributed by atoms with van der Waals surface area (Å²) in [5.41, 5.74) is 1.93. The first-order chi connectivity index (χ1) is 9.19. The molecule has 4 nitrogen and oxygen atoms in total. The predicted molar refractivity (Wildman–Crippen MR) is 71.4 cm³/mol. The summed E-state index contributed by atoms with van der Waals surface area (Å²) in [6.45, 7) is 0.481. The van der Waals surface area contributed by atoms with Gasteiger partial charge in [0, 0.05) is 25.5 Å². The van der Waals surface area contributed by atoms with Crippen molar-refractivity contribution in [3.8, 4) is 0 Å². The van der Waals surface area contributed by atoms with Crippen LogP contribution in [0.15, 0.2) is 42.6 Å². The van der Waals surface area contributed by atoms with E-state index in [1.54, 1.807) is 31.4 Å². The maximum absolute atomic E-state index is 13.0. The van der Waals surface area contributed by atoms with Crippen LogP contribution in [0.25, 0.3) is 0 Å². The van der Waals surface area contributed by atoms with Crippen LogP contribution in [0.4, 0.5) is 10.1 Å².